The van der Waals surface area contributed by atoms with Crippen molar-refractivity contribution in [2.75, 3.05) is 0 Å². The molecule has 2 aromatic heterocycles. The number of nitrogens with zero attached hydrogens (tertiary/aromatic N) is 1. The molecule has 2 heteroatoms. The Morgan fingerprint density at radius 2 is 1.06 bits per heavy atom. The van der Waals surface area contributed by atoms with Gasteiger partial charge in [0.05, 0.1) is 22.1 Å². The van der Waals surface area contributed by atoms with E-state index >= 15 is 0 Å². The number of thiophene rings is 1. The Morgan fingerprint density at radius 1 is 0.438 bits per heavy atom. The third kappa shape index (κ3) is 3.12. The maximum absolute atomic E-state index is 2.54. The molecule has 48 heavy (non-hydrogen) atoms. The minimum absolute atomic E-state index is 0.170. The average Bonchev–Trinajstić information content (AvgIpc) is 3.68. The van der Waals surface area contributed by atoms with E-state index in [0.717, 1.165) is 0 Å². The van der Waals surface area contributed by atoms with E-state index < -0.39 is 5.41 Å². The first-order valence-corrected chi connectivity index (χ1v) is 17.7. The van der Waals surface area contributed by atoms with Gasteiger partial charge in [-0.2, -0.15) is 0 Å². The molecule has 1 aliphatic heterocycles. The predicted octanol–water partition coefficient (Wildman–Crippen LogP) is 12.2. The Balaban J connectivity index is 1.30. The van der Waals surface area contributed by atoms with E-state index in [1.807, 2.05) is 11.3 Å². The number of fused-ring (bicyclic) bond motifs is 14. The number of rotatable bonds is 1. The minimum atomic E-state index is -0.489. The number of benzene rings is 7. The Hall–Kier alpha value is -5.44. The van der Waals surface area contributed by atoms with Gasteiger partial charge in [-0.3, -0.25) is 0 Å². The van der Waals surface area contributed by atoms with E-state index in [9.17, 15) is 0 Å². The van der Waals surface area contributed by atoms with Gasteiger partial charge in [0.25, 0.3) is 0 Å². The van der Waals surface area contributed by atoms with Crippen LogP contribution < -0.4 is 0 Å². The zero-order chi connectivity index (χ0) is 31.8. The molecule has 9 aromatic rings. The molecule has 226 valence electrons. The van der Waals surface area contributed by atoms with Crippen LogP contribution in [0.15, 0.2) is 152 Å². The topological polar surface area (TPSA) is 4.93 Å². The van der Waals surface area contributed by atoms with Crippen molar-refractivity contribution >= 4 is 53.3 Å². The number of para-hydroxylation sites is 3. The van der Waals surface area contributed by atoms with E-state index in [1.54, 1.807) is 0 Å². The molecular weight excluding hydrogens is 599 g/mol. The first kappa shape index (κ1) is 26.6. The summed E-state index contributed by atoms with van der Waals surface area (Å²) in [6, 6.07) is 57.5. The maximum atomic E-state index is 2.54. The lowest BCUT2D eigenvalue weighted by Crippen LogP contribution is -2.44. The summed E-state index contributed by atoms with van der Waals surface area (Å²) in [4.78, 5) is 0. The van der Waals surface area contributed by atoms with Crippen molar-refractivity contribution in [2.45, 2.75) is 24.7 Å². The summed E-state index contributed by atoms with van der Waals surface area (Å²) in [6.45, 7) is 4.82. The molecular formula is C46H31NS. The van der Waals surface area contributed by atoms with Crippen molar-refractivity contribution in [3.8, 4) is 16.8 Å². The SMILES string of the molecule is CC1(C)c2ccccc2C2(c3ccccc3-n3c4ccccc4c4cccc2c43)c2cc(-c3ccc4sc5ccccc5c4c3)ccc21. The summed E-state index contributed by atoms with van der Waals surface area (Å²) in [5.41, 5.74) is 14.0. The fraction of sp³-hybridized carbons (Fsp3) is 0.0870. The molecule has 2 aliphatic rings. The van der Waals surface area contributed by atoms with Crippen LogP contribution in [-0.2, 0) is 10.8 Å². The molecule has 0 saturated heterocycles. The molecule has 11 rings (SSSR count). The van der Waals surface area contributed by atoms with Crippen molar-refractivity contribution in [3.05, 3.63) is 185 Å². The fourth-order valence-electron chi connectivity index (χ4n) is 9.41. The second-order valence-corrected chi connectivity index (χ2v) is 15.1. The standard InChI is InChI=1S/C46H31NS/c1-45(2)34-15-5-6-16-36(34)46(37-17-7-9-20-41(37)47-40-19-8-3-12-30(40)32-14-11-18-38(46)44(32)47)39-27-29(22-24-35(39)45)28-23-25-43-33(26-28)31-13-4-10-21-42(31)48-43/h3-27H,1-2H3. The van der Waals surface area contributed by atoms with Gasteiger partial charge >= 0.3 is 0 Å². The summed E-state index contributed by atoms with van der Waals surface area (Å²) < 4.78 is 5.21. The summed E-state index contributed by atoms with van der Waals surface area (Å²) in [5.74, 6) is 0. The van der Waals surface area contributed by atoms with Crippen LogP contribution in [-0.4, -0.2) is 4.57 Å². The molecule has 0 amide bonds. The lowest BCUT2D eigenvalue weighted by Gasteiger charge is -2.50. The largest absolute Gasteiger partial charge is 0.309 e. The highest BCUT2D eigenvalue weighted by atomic mass is 32.1. The molecule has 3 heterocycles. The zero-order valence-electron chi connectivity index (χ0n) is 26.8. The average molecular weight is 630 g/mol. The summed E-state index contributed by atoms with van der Waals surface area (Å²) in [7, 11) is 0. The van der Waals surface area contributed by atoms with Crippen LogP contribution in [0, 0.1) is 0 Å². The Labute approximate surface area is 283 Å². The van der Waals surface area contributed by atoms with Gasteiger partial charge in [-0.1, -0.05) is 129 Å². The molecule has 0 radical (unpaired) electrons. The molecule has 1 aliphatic carbocycles. The van der Waals surface area contributed by atoms with E-state index in [4.69, 9.17) is 0 Å². The van der Waals surface area contributed by atoms with Gasteiger partial charge < -0.3 is 4.57 Å². The van der Waals surface area contributed by atoms with Gasteiger partial charge in [0.1, 0.15) is 0 Å². The van der Waals surface area contributed by atoms with Crippen molar-refractivity contribution in [2.24, 2.45) is 0 Å². The van der Waals surface area contributed by atoms with E-state index in [2.05, 4.69) is 170 Å². The van der Waals surface area contributed by atoms with Gasteiger partial charge in [-0.25, -0.2) is 0 Å². The molecule has 7 aromatic carbocycles. The number of aromatic nitrogens is 1. The van der Waals surface area contributed by atoms with E-state index in [0.29, 0.717) is 0 Å². The maximum Gasteiger partial charge on any atom is 0.0748 e. The molecule has 1 nitrogen and oxygen atoms in total. The molecule has 1 unspecified atom stereocenters. The van der Waals surface area contributed by atoms with Crippen LogP contribution in [0.5, 0.6) is 0 Å². The summed E-state index contributed by atoms with van der Waals surface area (Å²) in [6.07, 6.45) is 0. The normalized spacial score (nSPS) is 17.2. The smallest absolute Gasteiger partial charge is 0.0748 e. The van der Waals surface area contributed by atoms with Crippen molar-refractivity contribution in [1.29, 1.82) is 0 Å². The molecule has 0 saturated carbocycles. The quantitative estimate of drug-likeness (QED) is 0.170. The van der Waals surface area contributed by atoms with E-state index in [1.165, 1.54) is 92.2 Å². The highest BCUT2D eigenvalue weighted by Crippen LogP contribution is 2.60. The highest BCUT2D eigenvalue weighted by molar-refractivity contribution is 7.25. The summed E-state index contributed by atoms with van der Waals surface area (Å²) in [5, 5.41) is 5.29. The Bertz CT molecular complexity index is 2830. The van der Waals surface area contributed by atoms with Crippen LogP contribution >= 0.6 is 11.3 Å². The van der Waals surface area contributed by atoms with Crippen LogP contribution in [0.2, 0.25) is 0 Å². The van der Waals surface area contributed by atoms with Crippen molar-refractivity contribution in [1.82, 2.24) is 4.57 Å². The van der Waals surface area contributed by atoms with Gasteiger partial charge in [0.15, 0.2) is 0 Å². The lowest BCUT2D eigenvalue weighted by atomic mass is 9.53. The molecule has 1 spiro atoms. The lowest BCUT2D eigenvalue weighted by molar-refractivity contribution is 0.556. The number of hydrogen-bond donors (Lipinski definition) is 0. The second kappa shape index (κ2) is 9.13. The Kier molecular flexibility index (Phi) is 5.06. The predicted molar refractivity (Wildman–Crippen MR) is 203 cm³/mol. The van der Waals surface area contributed by atoms with Crippen molar-refractivity contribution in [3.63, 3.8) is 0 Å². The molecule has 0 fully saturated rings. The summed E-state index contributed by atoms with van der Waals surface area (Å²) >= 11 is 1.88. The number of hydrogen-bond acceptors (Lipinski definition) is 1. The first-order valence-electron chi connectivity index (χ1n) is 16.9. The minimum Gasteiger partial charge on any atom is -0.309 e. The van der Waals surface area contributed by atoms with Gasteiger partial charge in [0.2, 0.25) is 0 Å². The van der Waals surface area contributed by atoms with Crippen molar-refractivity contribution < 1.29 is 0 Å². The second-order valence-electron chi connectivity index (χ2n) is 14.1. The third-order valence-corrected chi connectivity index (χ3v) is 12.6. The highest BCUT2D eigenvalue weighted by Gasteiger charge is 2.52. The first-order chi connectivity index (χ1) is 23.6. The third-order valence-electron chi connectivity index (χ3n) is 11.5. The molecule has 1 atom stereocenters. The van der Waals surface area contributed by atoms with Crippen LogP contribution in [0.4, 0.5) is 0 Å². The molecule has 0 N–H and O–H groups in total. The monoisotopic (exact) mass is 629 g/mol. The van der Waals surface area contributed by atoms with Gasteiger partial charge in [-0.05, 0) is 80.9 Å². The fourth-order valence-corrected chi connectivity index (χ4v) is 10.5. The molecule has 0 bridgehead atoms. The Morgan fingerprint density at radius 3 is 1.96 bits per heavy atom. The van der Waals surface area contributed by atoms with Crippen LogP contribution in [0.3, 0.4) is 0 Å². The van der Waals surface area contributed by atoms with Crippen LogP contribution in [0.1, 0.15) is 47.2 Å². The van der Waals surface area contributed by atoms with E-state index in [-0.39, 0.29) is 5.41 Å². The van der Waals surface area contributed by atoms with Crippen LogP contribution in [0.25, 0.3) is 58.8 Å². The van der Waals surface area contributed by atoms with Gasteiger partial charge in [-0.15, -0.1) is 11.3 Å². The van der Waals surface area contributed by atoms with Gasteiger partial charge in [0, 0.05) is 36.4 Å². The zero-order valence-corrected chi connectivity index (χ0v) is 27.6.